The van der Waals surface area contributed by atoms with Crippen LogP contribution in [0.3, 0.4) is 0 Å². The highest BCUT2D eigenvalue weighted by Gasteiger charge is 2.30. The molecule has 3 aromatic rings. The van der Waals surface area contributed by atoms with E-state index in [1.54, 1.807) is 75.1 Å². The van der Waals surface area contributed by atoms with Crippen LogP contribution in [0.5, 0.6) is 23.0 Å². The lowest BCUT2D eigenvalue weighted by Gasteiger charge is -2.08. The number of aryl methyl sites for hydroxylation is 1. The molecule has 7 heteroatoms. The van der Waals surface area contributed by atoms with Crippen LogP contribution in [0, 0.1) is 6.92 Å². The van der Waals surface area contributed by atoms with Crippen molar-refractivity contribution < 1.29 is 28.5 Å². The minimum atomic E-state index is -0.449. The van der Waals surface area contributed by atoms with Gasteiger partial charge in [-0.15, -0.1) is 11.3 Å². The van der Waals surface area contributed by atoms with Gasteiger partial charge in [0.15, 0.2) is 17.3 Å². The van der Waals surface area contributed by atoms with E-state index in [1.165, 1.54) is 11.3 Å². The largest absolute Gasteiger partial charge is 0.493 e. The number of hydrogen-bond acceptors (Lipinski definition) is 7. The highest BCUT2D eigenvalue weighted by molar-refractivity contribution is 7.12. The Hall–Kier alpha value is -3.58. The molecule has 0 radical (unpaired) electrons. The first-order valence-corrected chi connectivity index (χ1v) is 9.94. The Morgan fingerprint density at radius 1 is 1.07 bits per heavy atom. The number of rotatable bonds is 5. The molecule has 0 fully saturated rings. The number of hydrogen-bond donors (Lipinski definition) is 0. The Kier molecular flexibility index (Phi) is 5.29. The normalized spacial score (nSPS) is 13.7. The molecule has 2 aromatic carbocycles. The third kappa shape index (κ3) is 3.67. The Bertz CT molecular complexity index is 1160. The summed E-state index contributed by atoms with van der Waals surface area (Å²) < 4.78 is 21.8. The van der Waals surface area contributed by atoms with Crippen molar-refractivity contribution in [3.63, 3.8) is 0 Å². The fourth-order valence-corrected chi connectivity index (χ4v) is 3.78. The van der Waals surface area contributed by atoms with Gasteiger partial charge in [0.2, 0.25) is 5.78 Å². The van der Waals surface area contributed by atoms with E-state index in [9.17, 15) is 9.59 Å². The number of ether oxygens (including phenoxy) is 4. The average molecular weight is 422 g/mol. The number of fused-ring (bicyclic) bond motifs is 1. The maximum absolute atomic E-state index is 12.9. The maximum Gasteiger partial charge on any atom is 0.353 e. The molecule has 1 aromatic heterocycles. The second-order valence-corrected chi connectivity index (χ2v) is 7.48. The maximum atomic E-state index is 12.9. The van der Waals surface area contributed by atoms with E-state index in [4.69, 9.17) is 18.9 Å². The number of carbonyl (C=O) groups is 2. The van der Waals surface area contributed by atoms with E-state index < -0.39 is 5.97 Å². The monoisotopic (exact) mass is 422 g/mol. The van der Waals surface area contributed by atoms with Crippen LogP contribution in [0.1, 0.15) is 31.2 Å². The molecule has 0 aliphatic carbocycles. The van der Waals surface area contributed by atoms with Crippen molar-refractivity contribution in [3.8, 4) is 23.0 Å². The molecule has 1 aliphatic heterocycles. The lowest BCUT2D eigenvalue weighted by molar-refractivity contribution is 0.0739. The fraction of sp³-hybridized carbons (Fsp3) is 0.130. The first-order valence-electron chi connectivity index (χ1n) is 9.06. The summed E-state index contributed by atoms with van der Waals surface area (Å²) in [6.07, 6.45) is 1.64. The van der Waals surface area contributed by atoms with Gasteiger partial charge in [0.05, 0.1) is 19.8 Å². The van der Waals surface area contributed by atoms with Crippen LogP contribution in [0.2, 0.25) is 0 Å². The molecule has 0 amide bonds. The summed E-state index contributed by atoms with van der Waals surface area (Å²) in [7, 11) is 3.10. The number of methoxy groups -OCH3 is 2. The molecule has 0 unspecified atom stereocenters. The molecular weight excluding hydrogens is 404 g/mol. The minimum absolute atomic E-state index is 0.182. The summed E-state index contributed by atoms with van der Waals surface area (Å²) in [5, 5.41) is 1.80. The van der Waals surface area contributed by atoms with Gasteiger partial charge in [0, 0.05) is 6.07 Å². The van der Waals surface area contributed by atoms with Crippen molar-refractivity contribution in [1.29, 1.82) is 0 Å². The van der Waals surface area contributed by atoms with Gasteiger partial charge in [-0.2, -0.15) is 0 Å². The number of benzene rings is 2. The summed E-state index contributed by atoms with van der Waals surface area (Å²) in [4.78, 5) is 25.6. The van der Waals surface area contributed by atoms with E-state index in [1.807, 2.05) is 0 Å². The SMILES string of the molecule is COc1ccc(/C=C2\Oc3cc(OC(=O)c4cccs4)cc(C)c3C2=O)cc1OC. The van der Waals surface area contributed by atoms with Crippen molar-refractivity contribution in [2.75, 3.05) is 14.2 Å². The Balaban J connectivity index is 1.62. The molecule has 0 N–H and O–H groups in total. The highest BCUT2D eigenvalue weighted by atomic mass is 32.1. The van der Waals surface area contributed by atoms with Crippen molar-refractivity contribution in [3.05, 3.63) is 75.2 Å². The highest BCUT2D eigenvalue weighted by Crippen LogP contribution is 2.38. The first-order chi connectivity index (χ1) is 14.5. The molecule has 1 aliphatic rings. The number of thiophene rings is 1. The van der Waals surface area contributed by atoms with Crippen LogP contribution in [-0.2, 0) is 0 Å². The summed E-state index contributed by atoms with van der Waals surface area (Å²) in [6.45, 7) is 1.78. The standard InChI is InChI=1S/C23H18O6S/c1-13-9-15(28-23(25)20-5-4-8-30-20)12-18-21(13)22(24)19(29-18)11-14-6-7-16(26-2)17(10-14)27-3/h4-12H,1-3H3/b19-11-. The van der Waals surface area contributed by atoms with Gasteiger partial charge >= 0.3 is 5.97 Å². The molecule has 2 heterocycles. The molecule has 0 saturated carbocycles. The first kappa shape index (κ1) is 19.7. The van der Waals surface area contributed by atoms with E-state index in [-0.39, 0.29) is 11.5 Å². The molecule has 0 bridgehead atoms. The molecule has 4 rings (SSSR count). The van der Waals surface area contributed by atoms with E-state index in [0.717, 1.165) is 5.56 Å². The Morgan fingerprint density at radius 2 is 1.87 bits per heavy atom. The van der Waals surface area contributed by atoms with Crippen LogP contribution in [0.15, 0.2) is 53.6 Å². The Labute approximate surface area is 177 Å². The van der Waals surface area contributed by atoms with Crippen molar-refractivity contribution in [1.82, 2.24) is 0 Å². The summed E-state index contributed by atoms with van der Waals surface area (Å²) in [6, 6.07) is 12.0. The lowest BCUT2D eigenvalue weighted by Crippen LogP contribution is -2.06. The van der Waals surface area contributed by atoms with Crippen LogP contribution in [-0.4, -0.2) is 26.0 Å². The van der Waals surface area contributed by atoms with Gasteiger partial charge in [-0.3, -0.25) is 4.79 Å². The third-order valence-corrected chi connectivity index (χ3v) is 5.43. The number of Topliss-reactive ketones (excluding diaryl/α,β-unsaturated/α-hetero) is 1. The van der Waals surface area contributed by atoms with Crippen molar-refractivity contribution in [2.24, 2.45) is 0 Å². The van der Waals surface area contributed by atoms with Crippen LogP contribution >= 0.6 is 11.3 Å². The van der Waals surface area contributed by atoms with Gasteiger partial charge in [-0.25, -0.2) is 4.79 Å². The molecule has 152 valence electrons. The number of ketones is 1. The zero-order valence-electron chi connectivity index (χ0n) is 16.6. The number of carbonyl (C=O) groups excluding carboxylic acids is 2. The molecule has 0 saturated heterocycles. The Morgan fingerprint density at radius 3 is 2.57 bits per heavy atom. The third-order valence-electron chi connectivity index (χ3n) is 4.58. The summed E-state index contributed by atoms with van der Waals surface area (Å²) in [5.74, 6) is 1.33. The van der Waals surface area contributed by atoms with E-state index in [2.05, 4.69) is 0 Å². The van der Waals surface area contributed by atoms with Gasteiger partial charge in [-0.1, -0.05) is 12.1 Å². The van der Waals surface area contributed by atoms with Gasteiger partial charge in [0.25, 0.3) is 0 Å². The number of esters is 1. The average Bonchev–Trinajstić information content (AvgIpc) is 3.37. The molecule has 0 atom stereocenters. The zero-order valence-corrected chi connectivity index (χ0v) is 17.4. The molecule has 6 nitrogen and oxygen atoms in total. The molecule has 30 heavy (non-hydrogen) atoms. The van der Waals surface area contributed by atoms with Gasteiger partial charge in [0.1, 0.15) is 16.4 Å². The van der Waals surface area contributed by atoms with Crippen LogP contribution in [0.25, 0.3) is 6.08 Å². The van der Waals surface area contributed by atoms with E-state index in [0.29, 0.717) is 39.0 Å². The fourth-order valence-electron chi connectivity index (χ4n) is 3.18. The smallest absolute Gasteiger partial charge is 0.353 e. The number of allylic oxidation sites excluding steroid dienone is 1. The predicted octanol–water partition coefficient (Wildman–Crippen LogP) is 4.91. The summed E-state index contributed by atoms with van der Waals surface area (Å²) >= 11 is 1.30. The summed E-state index contributed by atoms with van der Waals surface area (Å²) in [5.41, 5.74) is 1.85. The topological polar surface area (TPSA) is 71.1 Å². The van der Waals surface area contributed by atoms with Gasteiger partial charge < -0.3 is 18.9 Å². The molecular formula is C23H18O6S. The second-order valence-electron chi connectivity index (χ2n) is 6.53. The van der Waals surface area contributed by atoms with E-state index >= 15 is 0 Å². The quantitative estimate of drug-likeness (QED) is 0.331. The second kappa shape index (κ2) is 8.04. The zero-order chi connectivity index (χ0) is 21.3. The predicted molar refractivity (Wildman–Crippen MR) is 113 cm³/mol. The van der Waals surface area contributed by atoms with Crippen LogP contribution < -0.4 is 18.9 Å². The van der Waals surface area contributed by atoms with Gasteiger partial charge in [-0.05, 0) is 53.8 Å². The van der Waals surface area contributed by atoms with Crippen molar-refractivity contribution >= 4 is 29.2 Å². The van der Waals surface area contributed by atoms with Crippen LogP contribution in [0.4, 0.5) is 0 Å². The lowest BCUT2D eigenvalue weighted by atomic mass is 10.0. The molecule has 0 spiro atoms. The van der Waals surface area contributed by atoms with Crippen molar-refractivity contribution in [2.45, 2.75) is 6.92 Å². The minimum Gasteiger partial charge on any atom is -0.493 e.